The van der Waals surface area contributed by atoms with Crippen molar-refractivity contribution < 1.29 is 13.9 Å². The summed E-state index contributed by atoms with van der Waals surface area (Å²) in [4.78, 5) is 0. The van der Waals surface area contributed by atoms with Gasteiger partial charge in [-0.25, -0.2) is 4.39 Å². The summed E-state index contributed by atoms with van der Waals surface area (Å²) in [6, 6.07) is 9.88. The minimum atomic E-state index is -0.378. The van der Waals surface area contributed by atoms with Crippen LogP contribution < -0.4 is 9.47 Å². The molecule has 18 heavy (non-hydrogen) atoms. The van der Waals surface area contributed by atoms with E-state index in [0.717, 1.165) is 0 Å². The Balaban J connectivity index is 2.34. The Hall–Kier alpha value is -1.74. The average molecular weight is 267 g/mol. The molecule has 0 aliphatic rings. The van der Waals surface area contributed by atoms with Gasteiger partial charge in [0.15, 0.2) is 11.6 Å². The Kier molecular flexibility index (Phi) is 3.72. The van der Waals surface area contributed by atoms with Crippen molar-refractivity contribution in [2.24, 2.45) is 0 Å². The average Bonchev–Trinajstić information content (AvgIpc) is 2.34. The molecule has 0 saturated heterocycles. The second kappa shape index (κ2) is 5.27. The van der Waals surface area contributed by atoms with E-state index >= 15 is 0 Å². The summed E-state index contributed by atoms with van der Waals surface area (Å²) in [5.41, 5.74) is 0.529. The fraction of sp³-hybridized carbons (Fsp3) is 0.143. The molecule has 2 aromatic rings. The normalized spacial score (nSPS) is 10.2. The van der Waals surface area contributed by atoms with Crippen molar-refractivity contribution in [3.63, 3.8) is 0 Å². The van der Waals surface area contributed by atoms with E-state index in [1.165, 1.54) is 7.11 Å². The molecule has 2 nitrogen and oxygen atoms in total. The second-order valence-corrected chi connectivity index (χ2v) is 4.25. The summed E-state index contributed by atoms with van der Waals surface area (Å²) < 4.78 is 24.3. The first-order valence-electron chi connectivity index (χ1n) is 5.37. The van der Waals surface area contributed by atoms with E-state index in [9.17, 15) is 4.39 Å². The highest BCUT2D eigenvalue weighted by atomic mass is 35.5. The summed E-state index contributed by atoms with van der Waals surface area (Å²) in [6.07, 6.45) is 0. The fourth-order valence-corrected chi connectivity index (χ4v) is 1.76. The van der Waals surface area contributed by atoms with Crippen LogP contribution in [0.5, 0.6) is 17.2 Å². The van der Waals surface area contributed by atoms with Crippen molar-refractivity contribution in [1.29, 1.82) is 0 Å². The molecule has 0 fully saturated rings. The van der Waals surface area contributed by atoms with Gasteiger partial charge in [-0.05, 0) is 30.7 Å². The molecule has 94 valence electrons. The van der Waals surface area contributed by atoms with Crippen molar-refractivity contribution in [2.45, 2.75) is 6.92 Å². The monoisotopic (exact) mass is 266 g/mol. The van der Waals surface area contributed by atoms with Crippen LogP contribution in [0, 0.1) is 12.7 Å². The molecule has 0 saturated carbocycles. The Morgan fingerprint density at radius 2 is 1.83 bits per heavy atom. The molecule has 0 N–H and O–H groups in total. The lowest BCUT2D eigenvalue weighted by Gasteiger charge is -2.10. The zero-order chi connectivity index (χ0) is 13.1. The Morgan fingerprint density at radius 1 is 1.11 bits per heavy atom. The topological polar surface area (TPSA) is 18.5 Å². The van der Waals surface area contributed by atoms with Gasteiger partial charge in [0.2, 0.25) is 0 Å². The number of ether oxygens (including phenoxy) is 2. The number of hydrogen-bond acceptors (Lipinski definition) is 2. The SMILES string of the molecule is COc1cc(Cl)cc(Oc2cccc(C)c2F)c1. The Labute approximate surface area is 110 Å². The quantitative estimate of drug-likeness (QED) is 0.809. The Morgan fingerprint density at radius 3 is 2.56 bits per heavy atom. The summed E-state index contributed by atoms with van der Waals surface area (Å²) in [5.74, 6) is 0.783. The molecule has 0 heterocycles. The number of aryl methyl sites for hydroxylation is 1. The lowest BCUT2D eigenvalue weighted by Crippen LogP contribution is -1.91. The third-order valence-electron chi connectivity index (χ3n) is 2.46. The van der Waals surface area contributed by atoms with Crippen LogP contribution in [-0.4, -0.2) is 7.11 Å². The van der Waals surface area contributed by atoms with Gasteiger partial charge in [0.25, 0.3) is 0 Å². The molecule has 0 atom stereocenters. The fourth-order valence-electron chi connectivity index (χ4n) is 1.54. The van der Waals surface area contributed by atoms with E-state index in [4.69, 9.17) is 21.1 Å². The van der Waals surface area contributed by atoms with Crippen molar-refractivity contribution in [3.8, 4) is 17.2 Å². The zero-order valence-corrected chi connectivity index (χ0v) is 10.8. The highest BCUT2D eigenvalue weighted by molar-refractivity contribution is 6.30. The summed E-state index contributed by atoms with van der Waals surface area (Å²) in [5, 5.41) is 0.470. The molecule has 2 aromatic carbocycles. The first-order chi connectivity index (χ1) is 8.60. The molecule has 0 aliphatic heterocycles. The van der Waals surface area contributed by atoms with E-state index in [2.05, 4.69) is 0 Å². The smallest absolute Gasteiger partial charge is 0.168 e. The number of methoxy groups -OCH3 is 1. The number of halogens is 2. The predicted octanol–water partition coefficient (Wildman–Crippen LogP) is 4.59. The van der Waals surface area contributed by atoms with Crippen molar-refractivity contribution in [1.82, 2.24) is 0 Å². The lowest BCUT2D eigenvalue weighted by molar-refractivity contribution is 0.405. The summed E-state index contributed by atoms with van der Waals surface area (Å²) in [7, 11) is 1.53. The standard InChI is InChI=1S/C14H12ClFO2/c1-9-4-3-5-13(14(9)16)18-12-7-10(15)6-11(8-12)17-2/h3-8H,1-2H3. The molecule has 0 radical (unpaired) electrons. The van der Waals surface area contributed by atoms with Crippen LogP contribution in [0.4, 0.5) is 4.39 Å². The maximum atomic E-state index is 13.8. The largest absolute Gasteiger partial charge is 0.497 e. The third kappa shape index (κ3) is 2.74. The van der Waals surface area contributed by atoms with Gasteiger partial charge in [-0.2, -0.15) is 0 Å². The molecule has 0 aliphatic carbocycles. The van der Waals surface area contributed by atoms with Gasteiger partial charge in [0.05, 0.1) is 7.11 Å². The maximum Gasteiger partial charge on any atom is 0.168 e. The lowest BCUT2D eigenvalue weighted by atomic mass is 10.2. The van der Waals surface area contributed by atoms with E-state index in [1.54, 1.807) is 43.3 Å². The van der Waals surface area contributed by atoms with Crippen molar-refractivity contribution >= 4 is 11.6 Å². The summed E-state index contributed by atoms with van der Waals surface area (Å²) in [6.45, 7) is 1.68. The maximum absolute atomic E-state index is 13.8. The van der Waals surface area contributed by atoms with Crippen molar-refractivity contribution in [3.05, 3.63) is 52.8 Å². The van der Waals surface area contributed by atoms with Crippen LogP contribution in [0.25, 0.3) is 0 Å². The number of hydrogen-bond donors (Lipinski definition) is 0. The molecule has 0 spiro atoms. The van der Waals surface area contributed by atoms with Gasteiger partial charge < -0.3 is 9.47 Å². The summed E-state index contributed by atoms with van der Waals surface area (Å²) >= 11 is 5.91. The van der Waals surface area contributed by atoms with E-state index in [1.807, 2.05) is 0 Å². The minimum Gasteiger partial charge on any atom is -0.497 e. The molecule has 0 unspecified atom stereocenters. The van der Waals surface area contributed by atoms with E-state index in [0.29, 0.717) is 22.1 Å². The highest BCUT2D eigenvalue weighted by Gasteiger charge is 2.08. The van der Waals surface area contributed by atoms with Crippen LogP contribution >= 0.6 is 11.6 Å². The number of benzene rings is 2. The van der Waals surface area contributed by atoms with Crippen LogP contribution in [0.15, 0.2) is 36.4 Å². The predicted molar refractivity (Wildman–Crippen MR) is 69.2 cm³/mol. The van der Waals surface area contributed by atoms with E-state index < -0.39 is 0 Å². The van der Waals surface area contributed by atoms with Crippen molar-refractivity contribution in [2.75, 3.05) is 7.11 Å². The highest BCUT2D eigenvalue weighted by Crippen LogP contribution is 2.31. The van der Waals surface area contributed by atoms with Gasteiger partial charge in [-0.1, -0.05) is 23.7 Å². The van der Waals surface area contributed by atoms with E-state index in [-0.39, 0.29) is 11.6 Å². The first kappa shape index (κ1) is 12.7. The van der Waals surface area contributed by atoms with Crippen LogP contribution in [0.2, 0.25) is 5.02 Å². The molecule has 0 aromatic heterocycles. The molecule has 0 amide bonds. The van der Waals surface area contributed by atoms with Crippen LogP contribution in [0.1, 0.15) is 5.56 Å². The Bertz CT molecular complexity index is 570. The van der Waals surface area contributed by atoms with Crippen LogP contribution in [-0.2, 0) is 0 Å². The first-order valence-corrected chi connectivity index (χ1v) is 5.75. The van der Waals surface area contributed by atoms with Gasteiger partial charge in [-0.15, -0.1) is 0 Å². The molecule has 4 heteroatoms. The van der Waals surface area contributed by atoms with Gasteiger partial charge in [0, 0.05) is 11.1 Å². The van der Waals surface area contributed by atoms with Gasteiger partial charge in [0.1, 0.15) is 11.5 Å². The molecular formula is C14H12ClFO2. The molecule has 2 rings (SSSR count). The van der Waals surface area contributed by atoms with Gasteiger partial charge in [-0.3, -0.25) is 0 Å². The minimum absolute atomic E-state index is 0.166. The molecular weight excluding hydrogens is 255 g/mol. The third-order valence-corrected chi connectivity index (χ3v) is 2.68. The second-order valence-electron chi connectivity index (χ2n) is 3.82. The zero-order valence-electron chi connectivity index (χ0n) is 10.0. The van der Waals surface area contributed by atoms with Gasteiger partial charge >= 0.3 is 0 Å². The molecule has 0 bridgehead atoms. The number of rotatable bonds is 3. The van der Waals surface area contributed by atoms with Crippen LogP contribution in [0.3, 0.4) is 0 Å².